The number of phosphoric ester groups is 1. The normalized spacial score (nSPS) is 21.1. The summed E-state index contributed by atoms with van der Waals surface area (Å²) >= 11 is 0. The maximum absolute atomic E-state index is 11.6. The molecule has 1 aromatic heterocycles. The molecule has 1 aliphatic heterocycles. The number of rotatable bonds is 2. The van der Waals surface area contributed by atoms with E-state index in [0.717, 1.165) is 0 Å². The maximum atomic E-state index is 11.6. The predicted octanol–water partition coefficient (Wildman–Crippen LogP) is 3.66. The second-order valence-electron chi connectivity index (χ2n) is 4.88. The molecule has 120 valence electrons. The highest BCUT2D eigenvalue weighted by molar-refractivity contribution is 7.47. The van der Waals surface area contributed by atoms with Crippen LogP contribution >= 0.6 is 7.82 Å². The standard InChI is InChI=1S/C14H14N3O5P/c1-9-13(18)11-7-21-23(19,20)22-8-12(11)14(15-9)17-16-10-5-3-2-4-6-10/h2-6,18H,7-8H2,1H3,(H,19,20). The van der Waals surface area contributed by atoms with Crippen LogP contribution in [-0.4, -0.2) is 15.0 Å². The molecule has 0 aliphatic carbocycles. The van der Waals surface area contributed by atoms with Crippen molar-refractivity contribution in [1.82, 2.24) is 4.98 Å². The van der Waals surface area contributed by atoms with Crippen LogP contribution in [0.5, 0.6) is 5.75 Å². The van der Waals surface area contributed by atoms with E-state index >= 15 is 0 Å². The lowest BCUT2D eigenvalue weighted by Crippen LogP contribution is -1.98. The van der Waals surface area contributed by atoms with Gasteiger partial charge in [-0.05, 0) is 19.1 Å². The molecule has 23 heavy (non-hydrogen) atoms. The van der Waals surface area contributed by atoms with E-state index in [2.05, 4.69) is 15.2 Å². The fraction of sp³-hybridized carbons (Fsp3) is 0.214. The van der Waals surface area contributed by atoms with Crippen molar-refractivity contribution in [2.45, 2.75) is 20.1 Å². The molecule has 0 spiro atoms. The summed E-state index contributed by atoms with van der Waals surface area (Å²) in [5.74, 6) is 0.105. The van der Waals surface area contributed by atoms with Crippen LogP contribution in [0.4, 0.5) is 11.5 Å². The van der Waals surface area contributed by atoms with Gasteiger partial charge in [0.2, 0.25) is 0 Å². The highest BCUT2D eigenvalue weighted by atomic mass is 31.2. The quantitative estimate of drug-likeness (QED) is 0.639. The number of benzene rings is 1. The molecule has 0 saturated carbocycles. The first-order valence-electron chi connectivity index (χ1n) is 6.76. The Labute approximate surface area is 132 Å². The fourth-order valence-corrected chi connectivity index (χ4v) is 2.75. The van der Waals surface area contributed by atoms with Crippen molar-refractivity contribution < 1.29 is 23.6 Å². The minimum atomic E-state index is -4.16. The minimum Gasteiger partial charge on any atom is -0.506 e. The number of hydrogen-bond acceptors (Lipinski definition) is 7. The zero-order chi connectivity index (χ0) is 16.4. The summed E-state index contributed by atoms with van der Waals surface area (Å²) < 4.78 is 21.2. The first-order valence-corrected chi connectivity index (χ1v) is 8.26. The second kappa shape index (κ2) is 6.17. The molecule has 0 fully saturated rings. The van der Waals surface area contributed by atoms with Crippen molar-refractivity contribution in [3.8, 4) is 5.75 Å². The van der Waals surface area contributed by atoms with Crippen LogP contribution in [0.15, 0.2) is 40.6 Å². The van der Waals surface area contributed by atoms with Gasteiger partial charge in [0.05, 0.1) is 24.6 Å². The van der Waals surface area contributed by atoms with Gasteiger partial charge in [-0.2, -0.15) is 0 Å². The number of hydrogen-bond donors (Lipinski definition) is 2. The molecule has 0 amide bonds. The SMILES string of the molecule is Cc1nc(N=Nc2ccccc2)c2c(c1O)COP(=O)(O)OC2. The van der Waals surface area contributed by atoms with Crippen molar-refractivity contribution in [1.29, 1.82) is 0 Å². The van der Waals surface area contributed by atoms with Gasteiger partial charge in [0, 0.05) is 11.1 Å². The van der Waals surface area contributed by atoms with Gasteiger partial charge < -0.3 is 10.00 Å². The molecule has 2 heterocycles. The summed E-state index contributed by atoms with van der Waals surface area (Å²) in [6.07, 6.45) is 0. The number of nitrogens with zero attached hydrogens (tertiary/aromatic N) is 3. The lowest BCUT2D eigenvalue weighted by Gasteiger charge is -2.10. The zero-order valence-electron chi connectivity index (χ0n) is 12.2. The molecule has 8 nitrogen and oxygen atoms in total. The fourth-order valence-electron chi connectivity index (χ4n) is 2.09. The molecule has 1 aromatic carbocycles. The van der Waals surface area contributed by atoms with Gasteiger partial charge in [-0.3, -0.25) is 9.05 Å². The van der Waals surface area contributed by atoms with Crippen LogP contribution < -0.4 is 0 Å². The third-order valence-corrected chi connectivity index (χ3v) is 4.21. The first-order chi connectivity index (χ1) is 11.0. The molecular formula is C14H14N3O5P. The molecule has 2 N–H and O–H groups in total. The molecule has 0 radical (unpaired) electrons. The maximum Gasteiger partial charge on any atom is 0.472 e. The first kappa shape index (κ1) is 15.8. The van der Waals surface area contributed by atoms with Crippen molar-refractivity contribution in [3.63, 3.8) is 0 Å². The van der Waals surface area contributed by atoms with Crippen molar-refractivity contribution in [2.75, 3.05) is 0 Å². The average Bonchev–Trinajstić information content (AvgIpc) is 2.69. The van der Waals surface area contributed by atoms with E-state index < -0.39 is 7.82 Å². The lowest BCUT2D eigenvalue weighted by atomic mass is 10.1. The number of fused-ring (bicyclic) bond motifs is 1. The van der Waals surface area contributed by atoms with Crippen LogP contribution in [0.2, 0.25) is 0 Å². The third-order valence-electron chi connectivity index (χ3n) is 3.30. The van der Waals surface area contributed by atoms with Crippen molar-refractivity contribution >= 4 is 19.3 Å². The van der Waals surface area contributed by atoms with Gasteiger partial charge in [0.25, 0.3) is 0 Å². The van der Waals surface area contributed by atoms with Gasteiger partial charge in [0.15, 0.2) is 5.82 Å². The van der Waals surface area contributed by atoms with E-state index in [4.69, 9.17) is 9.05 Å². The van der Waals surface area contributed by atoms with Gasteiger partial charge in [-0.25, -0.2) is 9.55 Å². The van der Waals surface area contributed by atoms with E-state index in [9.17, 15) is 14.6 Å². The average molecular weight is 335 g/mol. The molecule has 1 unspecified atom stereocenters. The molecule has 0 bridgehead atoms. The van der Waals surface area contributed by atoms with Crippen molar-refractivity contribution in [2.24, 2.45) is 10.2 Å². The smallest absolute Gasteiger partial charge is 0.472 e. The summed E-state index contributed by atoms with van der Waals surface area (Å²) in [6, 6.07) is 9.05. The molecule has 1 atom stereocenters. The van der Waals surface area contributed by atoms with Crippen LogP contribution in [0.3, 0.4) is 0 Å². The monoisotopic (exact) mass is 335 g/mol. The minimum absolute atomic E-state index is 0.107. The van der Waals surface area contributed by atoms with E-state index in [1.54, 1.807) is 19.1 Å². The number of azo groups is 1. The van der Waals surface area contributed by atoms with Crippen LogP contribution in [-0.2, 0) is 26.8 Å². The number of aryl methyl sites for hydroxylation is 1. The summed E-state index contributed by atoms with van der Waals surface area (Å²) in [5.41, 5.74) is 1.65. The Balaban J connectivity index is 2.03. The second-order valence-corrected chi connectivity index (χ2v) is 6.33. The number of pyridine rings is 1. The molecule has 9 heteroatoms. The van der Waals surface area contributed by atoms with Crippen molar-refractivity contribution in [3.05, 3.63) is 47.2 Å². The Morgan fingerprint density at radius 2 is 1.78 bits per heavy atom. The van der Waals surface area contributed by atoms with E-state index in [1.807, 2.05) is 18.2 Å². The Morgan fingerprint density at radius 3 is 2.48 bits per heavy atom. The number of phosphoric acid groups is 1. The highest BCUT2D eigenvalue weighted by Gasteiger charge is 2.30. The molecule has 1 aliphatic rings. The van der Waals surface area contributed by atoms with Gasteiger partial charge in [0.1, 0.15) is 5.75 Å². The topological polar surface area (TPSA) is 114 Å². The van der Waals surface area contributed by atoms with Gasteiger partial charge >= 0.3 is 7.82 Å². The Morgan fingerprint density at radius 1 is 1.13 bits per heavy atom. The molecule has 3 rings (SSSR count). The summed E-state index contributed by atoms with van der Waals surface area (Å²) in [6.45, 7) is 1.07. The van der Waals surface area contributed by atoms with Crippen LogP contribution in [0, 0.1) is 6.92 Å². The summed E-state index contributed by atoms with van der Waals surface area (Å²) in [4.78, 5) is 13.6. The Bertz CT molecular complexity index is 810. The van der Waals surface area contributed by atoms with Gasteiger partial charge in [-0.1, -0.05) is 18.2 Å². The van der Waals surface area contributed by atoms with Crippen LogP contribution in [0.1, 0.15) is 16.8 Å². The number of aromatic nitrogens is 1. The van der Waals surface area contributed by atoms with E-state index in [1.165, 1.54) is 0 Å². The molecule has 0 saturated heterocycles. The largest absolute Gasteiger partial charge is 0.506 e. The molecular weight excluding hydrogens is 321 g/mol. The molecule has 2 aromatic rings. The highest BCUT2D eigenvalue weighted by Crippen LogP contribution is 2.49. The Kier molecular flexibility index (Phi) is 4.23. The van der Waals surface area contributed by atoms with E-state index in [-0.39, 0.29) is 24.8 Å². The predicted molar refractivity (Wildman–Crippen MR) is 80.7 cm³/mol. The van der Waals surface area contributed by atoms with Crippen LogP contribution in [0.25, 0.3) is 0 Å². The number of aromatic hydroxyl groups is 1. The third kappa shape index (κ3) is 3.46. The summed E-state index contributed by atoms with van der Waals surface area (Å²) in [7, 11) is -4.16. The zero-order valence-corrected chi connectivity index (χ0v) is 13.1. The van der Waals surface area contributed by atoms with E-state index in [0.29, 0.717) is 22.5 Å². The summed E-state index contributed by atoms with van der Waals surface area (Å²) in [5, 5.41) is 18.3. The van der Waals surface area contributed by atoms with Gasteiger partial charge in [-0.15, -0.1) is 10.2 Å². The lowest BCUT2D eigenvalue weighted by molar-refractivity contribution is 0.149. The Hall–Kier alpha value is -2.12.